The molecule has 0 fully saturated rings. The van der Waals surface area contributed by atoms with Crippen LogP contribution in [0.4, 0.5) is 0 Å². The summed E-state index contributed by atoms with van der Waals surface area (Å²) in [5, 5.41) is 11.3. The molecule has 0 aliphatic carbocycles. The van der Waals surface area contributed by atoms with Crippen LogP contribution in [0.2, 0.25) is 0 Å². The molecule has 1 atom stereocenters. The highest BCUT2D eigenvalue weighted by atomic mass is 16.4. The van der Waals surface area contributed by atoms with Gasteiger partial charge in [-0.05, 0) is 6.42 Å². The fourth-order valence-electron chi connectivity index (χ4n) is 1.30. The normalized spacial score (nSPS) is 12.1. The minimum Gasteiger partial charge on any atom is -0.481 e. The molecule has 0 radical (unpaired) electrons. The maximum absolute atomic E-state index is 11.6. The molecule has 6 heteroatoms. The fraction of sp³-hybridized carbons (Fsp3) is 0.500. The molecule has 88 valence electrons. The number of rotatable bonds is 5. The van der Waals surface area contributed by atoms with E-state index < -0.39 is 5.97 Å². The summed E-state index contributed by atoms with van der Waals surface area (Å²) in [7, 11) is 1.76. The average Bonchev–Trinajstić information content (AvgIpc) is 2.63. The standard InChI is InChI=1S/C10H15N3O3/c1-3-7(4-9(14)15)12-10(16)8-5-13(2)6-11-8/h5-7H,3-4H2,1-2H3,(H,12,16)(H,14,15). The Hall–Kier alpha value is -1.85. The van der Waals surface area contributed by atoms with Crippen molar-refractivity contribution in [3.63, 3.8) is 0 Å². The van der Waals surface area contributed by atoms with Gasteiger partial charge in [-0.1, -0.05) is 6.92 Å². The van der Waals surface area contributed by atoms with Gasteiger partial charge in [-0.25, -0.2) is 4.98 Å². The Morgan fingerprint density at radius 1 is 1.62 bits per heavy atom. The second-order valence-corrected chi connectivity index (χ2v) is 3.60. The van der Waals surface area contributed by atoms with Crippen LogP contribution in [-0.4, -0.2) is 32.6 Å². The van der Waals surface area contributed by atoms with Gasteiger partial charge in [-0.3, -0.25) is 9.59 Å². The van der Waals surface area contributed by atoms with Gasteiger partial charge in [0.1, 0.15) is 5.69 Å². The minimum absolute atomic E-state index is 0.0743. The molecule has 0 aliphatic heterocycles. The van der Waals surface area contributed by atoms with Crippen molar-refractivity contribution < 1.29 is 14.7 Å². The zero-order valence-electron chi connectivity index (χ0n) is 9.30. The number of aliphatic carboxylic acids is 1. The SMILES string of the molecule is CCC(CC(=O)O)NC(=O)c1cn(C)cn1. The summed E-state index contributed by atoms with van der Waals surface area (Å²) >= 11 is 0. The molecule has 0 spiro atoms. The highest BCUT2D eigenvalue weighted by molar-refractivity contribution is 5.92. The summed E-state index contributed by atoms with van der Waals surface area (Å²) in [5.74, 6) is -1.26. The first kappa shape index (κ1) is 12.2. The van der Waals surface area contributed by atoms with Crippen LogP contribution in [0.5, 0.6) is 0 Å². The number of hydrogen-bond acceptors (Lipinski definition) is 3. The number of nitrogens with one attached hydrogen (secondary N) is 1. The van der Waals surface area contributed by atoms with Gasteiger partial charge >= 0.3 is 5.97 Å². The number of hydrogen-bond donors (Lipinski definition) is 2. The van der Waals surface area contributed by atoms with Crippen LogP contribution >= 0.6 is 0 Å². The van der Waals surface area contributed by atoms with Crippen LogP contribution in [0.1, 0.15) is 30.3 Å². The van der Waals surface area contributed by atoms with Crippen molar-refractivity contribution in [1.82, 2.24) is 14.9 Å². The van der Waals surface area contributed by atoms with Crippen LogP contribution in [-0.2, 0) is 11.8 Å². The molecule has 0 bridgehead atoms. The van der Waals surface area contributed by atoms with Crippen LogP contribution in [0, 0.1) is 0 Å². The van der Waals surface area contributed by atoms with E-state index in [4.69, 9.17) is 5.11 Å². The lowest BCUT2D eigenvalue weighted by atomic mass is 10.1. The van der Waals surface area contributed by atoms with Gasteiger partial charge in [-0.15, -0.1) is 0 Å². The van der Waals surface area contributed by atoms with Crippen molar-refractivity contribution in [2.75, 3.05) is 0 Å². The summed E-state index contributed by atoms with van der Waals surface area (Å²) in [5.41, 5.74) is 0.298. The molecule has 0 saturated heterocycles. The van der Waals surface area contributed by atoms with Crippen LogP contribution in [0.25, 0.3) is 0 Å². The smallest absolute Gasteiger partial charge is 0.305 e. The summed E-state index contributed by atoms with van der Waals surface area (Å²) in [6.45, 7) is 1.83. The van der Waals surface area contributed by atoms with Crippen molar-refractivity contribution in [3.05, 3.63) is 18.2 Å². The quantitative estimate of drug-likeness (QED) is 0.759. The third kappa shape index (κ3) is 3.38. The zero-order valence-corrected chi connectivity index (χ0v) is 9.30. The predicted octanol–water partition coefficient (Wildman–Crippen LogP) is 0.403. The van der Waals surface area contributed by atoms with E-state index in [1.807, 2.05) is 6.92 Å². The lowest BCUT2D eigenvalue weighted by Crippen LogP contribution is -2.36. The average molecular weight is 225 g/mol. The van der Waals surface area contributed by atoms with E-state index in [0.717, 1.165) is 0 Å². The van der Waals surface area contributed by atoms with Crippen LogP contribution in [0.15, 0.2) is 12.5 Å². The zero-order chi connectivity index (χ0) is 12.1. The first-order chi connectivity index (χ1) is 7.52. The third-order valence-electron chi connectivity index (χ3n) is 2.19. The number of carboxylic acid groups (broad SMARTS) is 1. The molecule has 0 aliphatic rings. The monoisotopic (exact) mass is 225 g/mol. The Kier molecular flexibility index (Phi) is 4.04. The molecular formula is C10H15N3O3. The van der Waals surface area contributed by atoms with Gasteiger partial charge in [0.25, 0.3) is 5.91 Å². The number of carboxylic acids is 1. The first-order valence-corrected chi connectivity index (χ1v) is 5.03. The number of imidazole rings is 1. The Balaban J connectivity index is 2.58. The van der Waals surface area contributed by atoms with Crippen LogP contribution < -0.4 is 5.32 Å². The predicted molar refractivity (Wildman–Crippen MR) is 57.0 cm³/mol. The molecule has 1 aromatic rings. The molecule has 1 unspecified atom stereocenters. The van der Waals surface area contributed by atoms with E-state index in [1.165, 1.54) is 6.33 Å². The molecule has 6 nitrogen and oxygen atoms in total. The van der Waals surface area contributed by atoms with Gasteiger partial charge < -0.3 is 15.0 Å². The summed E-state index contributed by atoms with van der Waals surface area (Å²) in [4.78, 5) is 26.0. The van der Waals surface area contributed by atoms with Gasteiger partial charge in [0.05, 0.1) is 12.7 Å². The van der Waals surface area contributed by atoms with E-state index in [2.05, 4.69) is 10.3 Å². The van der Waals surface area contributed by atoms with Crippen molar-refractivity contribution in [1.29, 1.82) is 0 Å². The number of carbonyl (C=O) groups is 2. The van der Waals surface area contributed by atoms with Gasteiger partial charge in [-0.2, -0.15) is 0 Å². The maximum atomic E-state index is 11.6. The number of aromatic nitrogens is 2. The first-order valence-electron chi connectivity index (χ1n) is 5.03. The second-order valence-electron chi connectivity index (χ2n) is 3.60. The van der Waals surface area contributed by atoms with E-state index >= 15 is 0 Å². The molecule has 0 saturated carbocycles. The summed E-state index contributed by atoms with van der Waals surface area (Å²) in [6, 6.07) is -0.355. The highest BCUT2D eigenvalue weighted by Crippen LogP contribution is 2.01. The molecule has 0 aromatic carbocycles. The maximum Gasteiger partial charge on any atom is 0.305 e. The van der Waals surface area contributed by atoms with Crippen molar-refractivity contribution in [2.45, 2.75) is 25.8 Å². The Morgan fingerprint density at radius 2 is 2.31 bits per heavy atom. The van der Waals surface area contributed by atoms with E-state index in [1.54, 1.807) is 17.8 Å². The molecule has 1 rings (SSSR count). The molecule has 2 N–H and O–H groups in total. The highest BCUT2D eigenvalue weighted by Gasteiger charge is 2.16. The number of amides is 1. The second kappa shape index (κ2) is 5.29. The van der Waals surface area contributed by atoms with Gasteiger partial charge in [0, 0.05) is 19.3 Å². The van der Waals surface area contributed by atoms with Gasteiger partial charge in [0.2, 0.25) is 0 Å². The Labute approximate surface area is 93.3 Å². The summed E-state index contributed by atoms with van der Waals surface area (Å²) in [6.07, 6.45) is 3.61. The van der Waals surface area contributed by atoms with Crippen molar-refractivity contribution in [3.8, 4) is 0 Å². The van der Waals surface area contributed by atoms with Crippen molar-refractivity contribution in [2.24, 2.45) is 7.05 Å². The number of carbonyl (C=O) groups excluding carboxylic acids is 1. The summed E-state index contributed by atoms with van der Waals surface area (Å²) < 4.78 is 1.66. The topological polar surface area (TPSA) is 84.2 Å². The van der Waals surface area contributed by atoms with E-state index in [-0.39, 0.29) is 18.4 Å². The minimum atomic E-state index is -0.923. The lowest BCUT2D eigenvalue weighted by Gasteiger charge is -2.13. The van der Waals surface area contributed by atoms with E-state index in [9.17, 15) is 9.59 Å². The fourth-order valence-corrected chi connectivity index (χ4v) is 1.30. The molecule has 16 heavy (non-hydrogen) atoms. The van der Waals surface area contributed by atoms with Crippen molar-refractivity contribution >= 4 is 11.9 Å². The largest absolute Gasteiger partial charge is 0.481 e. The lowest BCUT2D eigenvalue weighted by molar-refractivity contribution is -0.137. The molecular weight excluding hydrogens is 210 g/mol. The Bertz CT molecular complexity index is 386. The van der Waals surface area contributed by atoms with Gasteiger partial charge in [0.15, 0.2) is 0 Å². The van der Waals surface area contributed by atoms with E-state index in [0.29, 0.717) is 12.1 Å². The molecule has 1 heterocycles. The Morgan fingerprint density at radius 3 is 2.75 bits per heavy atom. The molecule has 1 aromatic heterocycles. The number of aryl methyl sites for hydroxylation is 1. The third-order valence-corrected chi connectivity index (χ3v) is 2.19. The molecule has 1 amide bonds. The van der Waals surface area contributed by atoms with Crippen LogP contribution in [0.3, 0.4) is 0 Å². The number of nitrogens with zero attached hydrogens (tertiary/aromatic N) is 2.